The molecule has 0 spiro atoms. The number of nitrogens with zero attached hydrogens (tertiary/aromatic N) is 2. The van der Waals surface area contributed by atoms with Gasteiger partial charge in [-0.2, -0.15) is 0 Å². The summed E-state index contributed by atoms with van der Waals surface area (Å²) >= 11 is 0. The molecule has 1 unspecified atom stereocenters. The van der Waals surface area contributed by atoms with Gasteiger partial charge in [-0.15, -0.1) is 0 Å². The van der Waals surface area contributed by atoms with E-state index in [1.165, 1.54) is 0 Å². The van der Waals surface area contributed by atoms with Gasteiger partial charge >= 0.3 is 0 Å². The third kappa shape index (κ3) is 4.15. The minimum absolute atomic E-state index is 0.0360. The lowest BCUT2D eigenvalue weighted by Crippen LogP contribution is -2.30. The largest absolute Gasteiger partial charge is 0.479 e. The molecule has 0 bridgehead atoms. The highest BCUT2D eigenvalue weighted by atomic mass is 16.5. The van der Waals surface area contributed by atoms with Gasteiger partial charge in [0, 0.05) is 45.9 Å². The molecule has 1 N–H and O–H groups in total. The van der Waals surface area contributed by atoms with Gasteiger partial charge in [0.25, 0.3) is 5.91 Å². The summed E-state index contributed by atoms with van der Waals surface area (Å²) in [6.07, 6.45) is 0.331. The highest BCUT2D eigenvalue weighted by Gasteiger charge is 2.31. The summed E-state index contributed by atoms with van der Waals surface area (Å²) in [7, 11) is 3.47. The van der Waals surface area contributed by atoms with E-state index < -0.39 is 6.10 Å². The van der Waals surface area contributed by atoms with Crippen molar-refractivity contribution in [2.24, 2.45) is 0 Å². The van der Waals surface area contributed by atoms with Crippen molar-refractivity contribution in [1.29, 1.82) is 0 Å². The topological polar surface area (TPSA) is 63.7 Å². The predicted octanol–water partition coefficient (Wildman–Crippen LogP) is 0.736. The van der Waals surface area contributed by atoms with E-state index in [1.807, 2.05) is 19.1 Å². The van der Waals surface area contributed by atoms with Crippen LogP contribution in [0, 0.1) is 6.92 Å². The summed E-state index contributed by atoms with van der Waals surface area (Å²) in [4.78, 5) is 18.1. The van der Waals surface area contributed by atoms with Crippen molar-refractivity contribution in [3.05, 3.63) is 23.5 Å². The van der Waals surface area contributed by atoms with E-state index in [4.69, 9.17) is 9.47 Å². The number of carbonyl (C=O) groups excluding carboxylic acids is 1. The van der Waals surface area contributed by atoms with Gasteiger partial charge in [0.2, 0.25) is 0 Å². The first kappa shape index (κ1) is 15.7. The molecule has 0 aliphatic carbocycles. The van der Waals surface area contributed by atoms with Crippen LogP contribution in [0.2, 0.25) is 0 Å². The average molecular weight is 293 g/mol. The lowest BCUT2D eigenvalue weighted by atomic mass is 10.2. The summed E-state index contributed by atoms with van der Waals surface area (Å²) in [6.45, 7) is 4.67. The maximum atomic E-state index is 11.9. The molecule has 6 nitrogen and oxygen atoms in total. The van der Waals surface area contributed by atoms with Gasteiger partial charge in [-0.1, -0.05) is 0 Å². The molecule has 2 rings (SSSR count). The van der Waals surface area contributed by atoms with Gasteiger partial charge in [0.05, 0.1) is 12.3 Å². The molecule has 1 aromatic heterocycles. The number of carbonyl (C=O) groups is 1. The molecule has 1 aliphatic rings. The molecule has 1 atom stereocenters. The zero-order valence-electron chi connectivity index (χ0n) is 12.9. The SMILES string of the molecule is COCCNCc1nc(C)ccc1OC1CCN(C)C1=O. The van der Waals surface area contributed by atoms with Crippen molar-refractivity contribution < 1.29 is 14.3 Å². The molecule has 6 heteroatoms. The number of methoxy groups -OCH3 is 1. The van der Waals surface area contributed by atoms with Crippen LogP contribution in [0.1, 0.15) is 17.8 Å². The highest BCUT2D eigenvalue weighted by molar-refractivity contribution is 5.83. The molecular formula is C15H23N3O3. The van der Waals surface area contributed by atoms with Gasteiger partial charge in [-0.25, -0.2) is 0 Å². The van der Waals surface area contributed by atoms with E-state index in [-0.39, 0.29) is 5.91 Å². The van der Waals surface area contributed by atoms with E-state index in [0.29, 0.717) is 18.9 Å². The Kier molecular flexibility index (Phi) is 5.52. The van der Waals surface area contributed by atoms with Crippen LogP contribution in [-0.4, -0.2) is 55.7 Å². The Morgan fingerprint density at radius 3 is 2.95 bits per heavy atom. The van der Waals surface area contributed by atoms with Gasteiger partial charge in [0.1, 0.15) is 5.75 Å². The second-order valence-corrected chi connectivity index (χ2v) is 5.22. The molecule has 116 valence electrons. The summed E-state index contributed by atoms with van der Waals surface area (Å²) < 4.78 is 10.9. The monoisotopic (exact) mass is 293 g/mol. The number of aryl methyl sites for hydroxylation is 1. The number of likely N-dealkylation sites (N-methyl/N-ethyl adjacent to an activating group) is 1. The number of amides is 1. The quantitative estimate of drug-likeness (QED) is 0.751. The predicted molar refractivity (Wildman–Crippen MR) is 79.2 cm³/mol. The van der Waals surface area contributed by atoms with Crippen LogP contribution in [0.15, 0.2) is 12.1 Å². The Morgan fingerprint density at radius 1 is 1.48 bits per heavy atom. The fourth-order valence-corrected chi connectivity index (χ4v) is 2.27. The molecule has 1 fully saturated rings. The normalized spacial score (nSPS) is 18.3. The van der Waals surface area contributed by atoms with Crippen molar-refractivity contribution in [3.8, 4) is 5.75 Å². The Labute approximate surface area is 125 Å². The zero-order valence-corrected chi connectivity index (χ0v) is 12.9. The lowest BCUT2D eigenvalue weighted by molar-refractivity contribution is -0.132. The van der Waals surface area contributed by atoms with Crippen molar-refractivity contribution in [1.82, 2.24) is 15.2 Å². The Balaban J connectivity index is 2.02. The minimum atomic E-state index is -0.391. The highest BCUT2D eigenvalue weighted by Crippen LogP contribution is 2.22. The van der Waals surface area contributed by atoms with E-state index in [0.717, 1.165) is 30.9 Å². The molecule has 1 aliphatic heterocycles. The number of likely N-dealkylation sites (tertiary alicyclic amines) is 1. The van der Waals surface area contributed by atoms with Crippen LogP contribution in [0.25, 0.3) is 0 Å². The molecule has 1 amide bonds. The lowest BCUT2D eigenvalue weighted by Gasteiger charge is -2.16. The van der Waals surface area contributed by atoms with Crippen LogP contribution in [0.3, 0.4) is 0 Å². The maximum absolute atomic E-state index is 11.9. The molecule has 0 radical (unpaired) electrons. The smallest absolute Gasteiger partial charge is 0.263 e. The van der Waals surface area contributed by atoms with Gasteiger partial charge in [0.15, 0.2) is 6.10 Å². The number of hydrogen-bond acceptors (Lipinski definition) is 5. The summed E-state index contributed by atoms with van der Waals surface area (Å²) in [5.74, 6) is 0.716. The first-order chi connectivity index (χ1) is 10.1. The average Bonchev–Trinajstić information content (AvgIpc) is 2.78. The van der Waals surface area contributed by atoms with Crippen LogP contribution in [0.4, 0.5) is 0 Å². The standard InChI is InChI=1S/C15H23N3O3/c1-11-4-5-13(12(17-11)10-16-7-9-20-3)21-14-6-8-18(2)15(14)19/h4-5,14,16H,6-10H2,1-3H3. The first-order valence-electron chi connectivity index (χ1n) is 7.19. The fraction of sp³-hybridized carbons (Fsp3) is 0.600. The molecule has 21 heavy (non-hydrogen) atoms. The van der Waals surface area contributed by atoms with E-state index >= 15 is 0 Å². The minimum Gasteiger partial charge on any atom is -0.479 e. The van der Waals surface area contributed by atoms with Crippen LogP contribution in [-0.2, 0) is 16.1 Å². The van der Waals surface area contributed by atoms with Crippen molar-refractivity contribution in [3.63, 3.8) is 0 Å². The van der Waals surface area contributed by atoms with Gasteiger partial charge in [-0.05, 0) is 19.1 Å². The zero-order chi connectivity index (χ0) is 15.2. The number of aromatic nitrogens is 1. The first-order valence-corrected chi connectivity index (χ1v) is 7.19. The van der Waals surface area contributed by atoms with Gasteiger partial charge in [-0.3, -0.25) is 9.78 Å². The molecule has 0 aromatic carbocycles. The van der Waals surface area contributed by atoms with E-state index in [1.54, 1.807) is 19.1 Å². The number of pyridine rings is 1. The Hall–Kier alpha value is -1.66. The third-order valence-electron chi connectivity index (χ3n) is 3.49. The number of hydrogen-bond donors (Lipinski definition) is 1. The molecule has 1 saturated heterocycles. The van der Waals surface area contributed by atoms with Crippen LogP contribution >= 0.6 is 0 Å². The van der Waals surface area contributed by atoms with E-state index in [2.05, 4.69) is 10.3 Å². The summed E-state index contributed by atoms with van der Waals surface area (Å²) in [6, 6.07) is 3.79. The molecule has 2 heterocycles. The van der Waals surface area contributed by atoms with E-state index in [9.17, 15) is 4.79 Å². The maximum Gasteiger partial charge on any atom is 0.263 e. The Morgan fingerprint density at radius 2 is 2.29 bits per heavy atom. The number of rotatable bonds is 7. The fourth-order valence-electron chi connectivity index (χ4n) is 2.27. The van der Waals surface area contributed by atoms with Crippen LogP contribution < -0.4 is 10.1 Å². The summed E-state index contributed by atoms with van der Waals surface area (Å²) in [5, 5.41) is 3.25. The van der Waals surface area contributed by atoms with Crippen molar-refractivity contribution >= 4 is 5.91 Å². The molecular weight excluding hydrogens is 270 g/mol. The Bertz CT molecular complexity index is 493. The van der Waals surface area contributed by atoms with Gasteiger partial charge < -0.3 is 19.7 Å². The second kappa shape index (κ2) is 7.38. The van der Waals surface area contributed by atoms with Crippen molar-refractivity contribution in [2.75, 3.05) is 33.9 Å². The van der Waals surface area contributed by atoms with Crippen molar-refractivity contribution in [2.45, 2.75) is 26.0 Å². The number of nitrogens with one attached hydrogen (secondary N) is 1. The molecule has 1 aromatic rings. The molecule has 0 saturated carbocycles. The summed E-state index contributed by atoms with van der Waals surface area (Å²) in [5.41, 5.74) is 1.76. The number of ether oxygens (including phenoxy) is 2. The van der Waals surface area contributed by atoms with Crippen LogP contribution in [0.5, 0.6) is 5.75 Å². The third-order valence-corrected chi connectivity index (χ3v) is 3.49. The second-order valence-electron chi connectivity index (χ2n) is 5.22.